The fourth-order valence-corrected chi connectivity index (χ4v) is 2.66. The predicted molar refractivity (Wildman–Crippen MR) is 71.4 cm³/mol. The predicted octanol–water partition coefficient (Wildman–Crippen LogP) is 2.10. The lowest BCUT2D eigenvalue weighted by atomic mass is 9.98. The van der Waals surface area contributed by atoms with E-state index in [-0.39, 0.29) is 12.5 Å². The Kier molecular flexibility index (Phi) is 4.14. The van der Waals surface area contributed by atoms with E-state index in [9.17, 15) is 9.59 Å². The van der Waals surface area contributed by atoms with E-state index in [0.29, 0.717) is 30.2 Å². The summed E-state index contributed by atoms with van der Waals surface area (Å²) < 4.78 is 1.79. The quantitative estimate of drug-likeness (QED) is 0.924. The van der Waals surface area contributed by atoms with Gasteiger partial charge < -0.3 is 14.6 Å². The van der Waals surface area contributed by atoms with E-state index in [0.717, 1.165) is 6.42 Å². The van der Waals surface area contributed by atoms with Crippen LogP contribution in [0.2, 0.25) is 5.02 Å². The van der Waals surface area contributed by atoms with E-state index < -0.39 is 11.9 Å². The Bertz CT molecular complexity index is 498. The highest BCUT2D eigenvalue weighted by atomic mass is 35.5. The first-order valence-electron chi connectivity index (χ1n) is 6.40. The van der Waals surface area contributed by atoms with Gasteiger partial charge in [-0.25, -0.2) is 0 Å². The topological polar surface area (TPSA) is 62.5 Å². The molecule has 0 spiro atoms. The number of rotatable bonds is 3. The van der Waals surface area contributed by atoms with Gasteiger partial charge in [0.05, 0.1) is 10.9 Å². The lowest BCUT2D eigenvalue weighted by Gasteiger charge is -2.30. The molecule has 1 N–H and O–H groups in total. The summed E-state index contributed by atoms with van der Waals surface area (Å²) in [5.74, 6) is -1.43. The van der Waals surface area contributed by atoms with Gasteiger partial charge in [-0.1, -0.05) is 11.6 Å². The number of carbonyl (C=O) groups excluding carboxylic acids is 1. The molecular formula is C13H17ClN2O3. The molecule has 1 atom stereocenters. The first kappa shape index (κ1) is 13.9. The fraction of sp³-hybridized carbons (Fsp3) is 0.538. The summed E-state index contributed by atoms with van der Waals surface area (Å²) in [5, 5.41) is 9.57. The largest absolute Gasteiger partial charge is 0.481 e. The number of aromatic nitrogens is 1. The number of aryl methyl sites for hydroxylation is 1. The van der Waals surface area contributed by atoms with Gasteiger partial charge in [0, 0.05) is 25.8 Å². The van der Waals surface area contributed by atoms with Crippen molar-refractivity contribution in [3.05, 3.63) is 23.0 Å². The molecule has 1 aliphatic rings. The maximum absolute atomic E-state index is 12.4. The number of nitrogens with zero attached hydrogens (tertiary/aromatic N) is 2. The third kappa shape index (κ3) is 2.92. The minimum atomic E-state index is -0.832. The van der Waals surface area contributed by atoms with Crippen LogP contribution >= 0.6 is 11.6 Å². The summed E-state index contributed by atoms with van der Waals surface area (Å²) in [4.78, 5) is 25.0. The van der Waals surface area contributed by atoms with Crippen LogP contribution in [0.25, 0.3) is 0 Å². The van der Waals surface area contributed by atoms with Crippen LogP contribution in [0.1, 0.15) is 30.3 Å². The third-order valence-corrected chi connectivity index (χ3v) is 3.69. The Morgan fingerprint density at radius 2 is 2.26 bits per heavy atom. The van der Waals surface area contributed by atoms with Gasteiger partial charge >= 0.3 is 5.97 Å². The van der Waals surface area contributed by atoms with Gasteiger partial charge in [-0.05, 0) is 25.8 Å². The van der Waals surface area contributed by atoms with Gasteiger partial charge in [-0.15, -0.1) is 0 Å². The molecule has 0 bridgehead atoms. The van der Waals surface area contributed by atoms with Crippen LogP contribution in [0.3, 0.4) is 0 Å². The molecule has 0 saturated carbocycles. The molecule has 1 aliphatic heterocycles. The molecule has 0 aromatic carbocycles. The second-order valence-electron chi connectivity index (χ2n) is 4.76. The van der Waals surface area contributed by atoms with Gasteiger partial charge in [-0.2, -0.15) is 0 Å². The van der Waals surface area contributed by atoms with E-state index in [1.807, 2.05) is 6.92 Å². The summed E-state index contributed by atoms with van der Waals surface area (Å²) in [6, 6.07) is 1.64. The SMILES string of the molecule is CCn1cc(Cl)cc1C(=O)N1CCC[C@H](C(=O)O)C1. The number of likely N-dealkylation sites (tertiary alicyclic amines) is 1. The van der Waals surface area contributed by atoms with Gasteiger partial charge in [0.25, 0.3) is 5.91 Å². The molecule has 0 unspecified atom stereocenters. The molecule has 0 radical (unpaired) electrons. The van der Waals surface area contributed by atoms with Crippen molar-refractivity contribution in [3.63, 3.8) is 0 Å². The van der Waals surface area contributed by atoms with Crippen molar-refractivity contribution in [2.24, 2.45) is 5.92 Å². The molecule has 1 aromatic heterocycles. The maximum atomic E-state index is 12.4. The van der Waals surface area contributed by atoms with Crippen molar-refractivity contribution in [1.29, 1.82) is 0 Å². The minimum absolute atomic E-state index is 0.139. The average molecular weight is 285 g/mol. The average Bonchev–Trinajstić information content (AvgIpc) is 2.79. The fourth-order valence-electron chi connectivity index (χ4n) is 2.44. The normalized spacial score (nSPS) is 19.5. The molecule has 1 amide bonds. The van der Waals surface area contributed by atoms with Gasteiger partial charge in [0.1, 0.15) is 5.69 Å². The summed E-state index contributed by atoms with van der Waals surface area (Å²) in [6.07, 6.45) is 3.07. The molecule has 1 aromatic rings. The van der Waals surface area contributed by atoms with Crippen molar-refractivity contribution in [2.45, 2.75) is 26.3 Å². The lowest BCUT2D eigenvalue weighted by molar-refractivity contribution is -0.143. The zero-order valence-corrected chi connectivity index (χ0v) is 11.6. The third-order valence-electron chi connectivity index (χ3n) is 3.48. The number of carbonyl (C=O) groups is 2. The highest BCUT2D eigenvalue weighted by Crippen LogP contribution is 2.21. The number of carboxylic acids is 1. The molecule has 2 heterocycles. The van der Waals surface area contributed by atoms with Crippen LogP contribution in [0.15, 0.2) is 12.3 Å². The molecule has 5 nitrogen and oxygen atoms in total. The van der Waals surface area contributed by atoms with Crippen LogP contribution in [0.5, 0.6) is 0 Å². The Labute approximate surface area is 116 Å². The van der Waals surface area contributed by atoms with Gasteiger partial charge in [0.2, 0.25) is 0 Å². The summed E-state index contributed by atoms with van der Waals surface area (Å²) in [5.41, 5.74) is 0.526. The van der Waals surface area contributed by atoms with Crippen LogP contribution in [-0.4, -0.2) is 39.5 Å². The molecular weight excluding hydrogens is 268 g/mol. The van der Waals surface area contributed by atoms with Crippen molar-refractivity contribution in [1.82, 2.24) is 9.47 Å². The second-order valence-corrected chi connectivity index (χ2v) is 5.19. The summed E-state index contributed by atoms with van der Waals surface area (Å²) >= 11 is 5.92. The Hall–Kier alpha value is -1.49. The van der Waals surface area contributed by atoms with E-state index in [1.54, 1.807) is 21.7 Å². The van der Waals surface area contributed by atoms with Crippen LogP contribution in [0.4, 0.5) is 0 Å². The number of hydrogen-bond donors (Lipinski definition) is 1. The highest BCUT2D eigenvalue weighted by Gasteiger charge is 2.29. The number of amides is 1. The number of piperidine rings is 1. The van der Waals surface area contributed by atoms with Crippen molar-refractivity contribution in [2.75, 3.05) is 13.1 Å². The van der Waals surface area contributed by atoms with Gasteiger partial charge in [0.15, 0.2) is 0 Å². The molecule has 1 saturated heterocycles. The van der Waals surface area contributed by atoms with Crippen LogP contribution in [-0.2, 0) is 11.3 Å². The monoisotopic (exact) mass is 284 g/mol. The van der Waals surface area contributed by atoms with E-state index >= 15 is 0 Å². The second kappa shape index (κ2) is 5.65. The summed E-state index contributed by atoms with van der Waals surface area (Å²) in [6.45, 7) is 3.48. The Morgan fingerprint density at radius 3 is 2.89 bits per heavy atom. The lowest BCUT2D eigenvalue weighted by Crippen LogP contribution is -2.42. The minimum Gasteiger partial charge on any atom is -0.481 e. The zero-order valence-electron chi connectivity index (χ0n) is 10.8. The number of carboxylic acid groups (broad SMARTS) is 1. The van der Waals surface area contributed by atoms with Crippen molar-refractivity contribution < 1.29 is 14.7 Å². The van der Waals surface area contributed by atoms with E-state index in [4.69, 9.17) is 16.7 Å². The maximum Gasteiger partial charge on any atom is 0.308 e. The van der Waals surface area contributed by atoms with Crippen LogP contribution in [0, 0.1) is 5.92 Å². The first-order valence-corrected chi connectivity index (χ1v) is 6.78. The first-order chi connectivity index (χ1) is 9.02. The number of halogens is 1. The van der Waals surface area contributed by atoms with Crippen molar-refractivity contribution >= 4 is 23.5 Å². The highest BCUT2D eigenvalue weighted by molar-refractivity contribution is 6.31. The molecule has 0 aliphatic carbocycles. The molecule has 6 heteroatoms. The Morgan fingerprint density at radius 1 is 1.53 bits per heavy atom. The molecule has 2 rings (SSSR count). The summed E-state index contributed by atoms with van der Waals surface area (Å²) in [7, 11) is 0. The number of hydrogen-bond acceptors (Lipinski definition) is 2. The smallest absolute Gasteiger partial charge is 0.308 e. The zero-order chi connectivity index (χ0) is 14.0. The Balaban J connectivity index is 2.16. The van der Waals surface area contributed by atoms with Crippen molar-refractivity contribution in [3.8, 4) is 0 Å². The standard InChI is InChI=1S/C13H17ClN2O3/c1-2-15-8-10(14)6-11(15)12(17)16-5-3-4-9(7-16)13(18)19/h6,8-9H,2-5,7H2,1H3,(H,18,19)/t9-/m0/s1. The van der Waals surface area contributed by atoms with E-state index in [1.165, 1.54) is 0 Å². The molecule has 1 fully saturated rings. The molecule has 19 heavy (non-hydrogen) atoms. The van der Waals surface area contributed by atoms with Crippen LogP contribution < -0.4 is 0 Å². The van der Waals surface area contributed by atoms with E-state index in [2.05, 4.69) is 0 Å². The number of aliphatic carboxylic acids is 1. The molecule has 104 valence electrons. The van der Waals surface area contributed by atoms with Gasteiger partial charge in [-0.3, -0.25) is 9.59 Å².